The summed E-state index contributed by atoms with van der Waals surface area (Å²) in [6.45, 7) is 1.12. The van der Waals surface area contributed by atoms with Gasteiger partial charge in [0.25, 0.3) is 0 Å². The zero-order valence-corrected chi connectivity index (χ0v) is 10.5. The van der Waals surface area contributed by atoms with Crippen LogP contribution in [0.1, 0.15) is 51.4 Å². The molecule has 1 amide bonds. The van der Waals surface area contributed by atoms with Crippen molar-refractivity contribution in [1.82, 2.24) is 5.48 Å². The lowest BCUT2D eigenvalue weighted by molar-refractivity contribution is -0.0387. The van der Waals surface area contributed by atoms with Gasteiger partial charge in [-0.3, -0.25) is 4.84 Å². The minimum absolute atomic E-state index is 0.161. The lowest BCUT2D eigenvalue weighted by atomic mass is 9.98. The molecule has 5 nitrogen and oxygen atoms in total. The summed E-state index contributed by atoms with van der Waals surface area (Å²) in [5.74, 6) is 0. The van der Waals surface area contributed by atoms with E-state index in [9.17, 15) is 4.79 Å². The molecule has 0 saturated heterocycles. The van der Waals surface area contributed by atoms with Crippen molar-refractivity contribution >= 4 is 6.09 Å². The number of rotatable bonds is 7. The Bertz CT molecular complexity index is 206. The van der Waals surface area contributed by atoms with Gasteiger partial charge in [-0.1, -0.05) is 19.3 Å². The van der Waals surface area contributed by atoms with Gasteiger partial charge < -0.3 is 10.5 Å². The van der Waals surface area contributed by atoms with Gasteiger partial charge in [0.15, 0.2) is 0 Å². The van der Waals surface area contributed by atoms with Crippen LogP contribution in [0.4, 0.5) is 4.79 Å². The molecule has 0 aromatic rings. The summed E-state index contributed by atoms with van der Waals surface area (Å²) in [5, 5.41) is 0. The monoisotopic (exact) mass is 244 g/mol. The summed E-state index contributed by atoms with van der Waals surface area (Å²) < 4.78 is 4.96. The predicted molar refractivity (Wildman–Crippen MR) is 65.3 cm³/mol. The van der Waals surface area contributed by atoms with Gasteiger partial charge in [0.1, 0.15) is 0 Å². The second kappa shape index (κ2) is 9.24. The van der Waals surface area contributed by atoms with Crippen molar-refractivity contribution in [2.45, 2.75) is 57.5 Å². The normalized spacial score (nSPS) is 16.8. The van der Waals surface area contributed by atoms with Crippen LogP contribution in [-0.4, -0.2) is 25.3 Å². The summed E-state index contributed by atoms with van der Waals surface area (Å²) in [5.41, 5.74) is 7.72. The molecule has 3 N–H and O–H groups in total. The number of unbranched alkanes of at least 4 members (excludes halogenated alkanes) is 2. The van der Waals surface area contributed by atoms with Crippen LogP contribution in [0.15, 0.2) is 0 Å². The molecule has 1 fully saturated rings. The maximum Gasteiger partial charge on any atom is 0.431 e. The average Bonchev–Trinajstić information content (AvgIpc) is 2.37. The molecule has 1 saturated carbocycles. The van der Waals surface area contributed by atoms with Crippen LogP contribution in [0, 0.1) is 0 Å². The van der Waals surface area contributed by atoms with E-state index in [2.05, 4.69) is 5.48 Å². The lowest BCUT2D eigenvalue weighted by Crippen LogP contribution is -2.31. The molecule has 0 aromatic heterocycles. The summed E-state index contributed by atoms with van der Waals surface area (Å²) in [7, 11) is 0. The molecule has 1 aliphatic rings. The molecular weight excluding hydrogens is 220 g/mol. The first kappa shape index (κ1) is 14.3. The van der Waals surface area contributed by atoms with Crippen LogP contribution in [0.25, 0.3) is 0 Å². The van der Waals surface area contributed by atoms with Gasteiger partial charge in [0.05, 0.1) is 12.7 Å². The summed E-state index contributed by atoms with van der Waals surface area (Å²) in [4.78, 5) is 16.5. The fourth-order valence-electron chi connectivity index (χ4n) is 1.93. The van der Waals surface area contributed by atoms with Crippen molar-refractivity contribution in [3.8, 4) is 0 Å². The van der Waals surface area contributed by atoms with E-state index >= 15 is 0 Å². The molecule has 0 radical (unpaired) electrons. The molecular formula is C12H24N2O3. The molecule has 17 heavy (non-hydrogen) atoms. The highest BCUT2D eigenvalue weighted by Crippen LogP contribution is 2.19. The van der Waals surface area contributed by atoms with E-state index in [0.29, 0.717) is 13.2 Å². The summed E-state index contributed by atoms with van der Waals surface area (Å²) in [6, 6.07) is 0. The van der Waals surface area contributed by atoms with Gasteiger partial charge in [0.2, 0.25) is 0 Å². The van der Waals surface area contributed by atoms with Gasteiger partial charge in [-0.15, -0.1) is 0 Å². The molecule has 0 heterocycles. The fourth-order valence-corrected chi connectivity index (χ4v) is 1.93. The van der Waals surface area contributed by atoms with E-state index in [4.69, 9.17) is 15.3 Å². The Hall–Kier alpha value is -0.810. The lowest BCUT2D eigenvalue weighted by Gasteiger charge is -2.21. The first-order valence-corrected chi connectivity index (χ1v) is 6.61. The number of hydrogen-bond donors (Lipinski definition) is 2. The van der Waals surface area contributed by atoms with Crippen molar-refractivity contribution in [3.05, 3.63) is 0 Å². The van der Waals surface area contributed by atoms with Gasteiger partial charge in [-0.2, -0.15) is 5.48 Å². The minimum Gasteiger partial charge on any atom is -0.448 e. The number of ether oxygens (including phenoxy) is 1. The third kappa shape index (κ3) is 7.18. The third-order valence-electron chi connectivity index (χ3n) is 2.94. The number of carbonyl (C=O) groups is 1. The van der Waals surface area contributed by atoms with Gasteiger partial charge in [-0.05, 0) is 38.6 Å². The molecule has 0 unspecified atom stereocenters. The highest BCUT2D eigenvalue weighted by atomic mass is 16.7. The second-order valence-electron chi connectivity index (χ2n) is 4.47. The standard InChI is InChI=1S/C12H24N2O3/c13-9-5-2-6-10-16-12(15)14-17-11-7-3-1-4-8-11/h11H,1-10,13H2,(H,14,15). The van der Waals surface area contributed by atoms with Crippen molar-refractivity contribution in [3.63, 3.8) is 0 Å². The van der Waals surface area contributed by atoms with Crippen molar-refractivity contribution in [1.29, 1.82) is 0 Å². The summed E-state index contributed by atoms with van der Waals surface area (Å²) in [6.07, 6.45) is 8.18. The maximum absolute atomic E-state index is 11.2. The van der Waals surface area contributed by atoms with Crippen LogP contribution in [0.3, 0.4) is 0 Å². The number of nitrogens with one attached hydrogen (secondary N) is 1. The Labute approximate surface area is 103 Å². The van der Waals surface area contributed by atoms with E-state index in [-0.39, 0.29) is 6.10 Å². The predicted octanol–water partition coefficient (Wildman–Crippen LogP) is 2.11. The average molecular weight is 244 g/mol. The number of hydrogen-bond acceptors (Lipinski definition) is 4. The number of nitrogens with two attached hydrogens (primary N) is 1. The summed E-state index contributed by atoms with van der Waals surface area (Å²) >= 11 is 0. The fraction of sp³-hybridized carbons (Fsp3) is 0.917. The van der Waals surface area contributed by atoms with Crippen LogP contribution < -0.4 is 11.2 Å². The Morgan fingerprint density at radius 1 is 1.18 bits per heavy atom. The highest BCUT2D eigenvalue weighted by Gasteiger charge is 2.15. The van der Waals surface area contributed by atoms with Gasteiger partial charge >= 0.3 is 6.09 Å². The molecule has 100 valence electrons. The molecule has 0 aliphatic heterocycles. The highest BCUT2D eigenvalue weighted by molar-refractivity contribution is 5.65. The Kier molecular flexibility index (Phi) is 7.75. The van der Waals surface area contributed by atoms with Crippen molar-refractivity contribution in [2.75, 3.05) is 13.2 Å². The largest absolute Gasteiger partial charge is 0.448 e. The molecule has 1 rings (SSSR count). The second-order valence-corrected chi connectivity index (χ2v) is 4.47. The molecule has 5 heteroatoms. The zero-order valence-electron chi connectivity index (χ0n) is 10.5. The molecule has 1 aliphatic carbocycles. The minimum atomic E-state index is -0.483. The quantitative estimate of drug-likeness (QED) is 0.531. The van der Waals surface area contributed by atoms with Gasteiger partial charge in [-0.25, -0.2) is 4.79 Å². The number of carbonyl (C=O) groups excluding carboxylic acids is 1. The smallest absolute Gasteiger partial charge is 0.431 e. The van der Waals surface area contributed by atoms with E-state index in [1.165, 1.54) is 19.3 Å². The first-order chi connectivity index (χ1) is 8.33. The van der Waals surface area contributed by atoms with Crippen molar-refractivity contribution in [2.24, 2.45) is 5.73 Å². The number of hydroxylamine groups is 1. The van der Waals surface area contributed by atoms with E-state index in [0.717, 1.165) is 32.1 Å². The number of amides is 1. The SMILES string of the molecule is NCCCCCOC(=O)NOC1CCCCC1. The van der Waals surface area contributed by atoms with Crippen LogP contribution >= 0.6 is 0 Å². The molecule has 0 aromatic carbocycles. The van der Waals surface area contributed by atoms with Crippen molar-refractivity contribution < 1.29 is 14.4 Å². The Morgan fingerprint density at radius 3 is 2.65 bits per heavy atom. The molecule has 0 atom stereocenters. The Balaban J connectivity index is 1.93. The van der Waals surface area contributed by atoms with Crippen LogP contribution in [0.5, 0.6) is 0 Å². The first-order valence-electron chi connectivity index (χ1n) is 6.61. The Morgan fingerprint density at radius 2 is 1.94 bits per heavy atom. The molecule has 0 bridgehead atoms. The van der Waals surface area contributed by atoms with E-state index in [1.54, 1.807) is 0 Å². The third-order valence-corrected chi connectivity index (χ3v) is 2.94. The topological polar surface area (TPSA) is 73.6 Å². The van der Waals surface area contributed by atoms with E-state index < -0.39 is 6.09 Å². The maximum atomic E-state index is 11.2. The van der Waals surface area contributed by atoms with Crippen LogP contribution in [-0.2, 0) is 9.57 Å². The molecule has 0 spiro atoms. The van der Waals surface area contributed by atoms with Gasteiger partial charge in [0, 0.05) is 0 Å². The van der Waals surface area contributed by atoms with Crippen LogP contribution in [0.2, 0.25) is 0 Å². The zero-order chi connectivity index (χ0) is 12.3. The van der Waals surface area contributed by atoms with E-state index in [1.807, 2.05) is 0 Å².